The Hall–Kier alpha value is -3.42. The number of nitro benzene ring substituents is 1. The summed E-state index contributed by atoms with van der Waals surface area (Å²) >= 11 is 0. The quantitative estimate of drug-likeness (QED) is 0.637. The van der Waals surface area contributed by atoms with Crippen LogP contribution in [0, 0.1) is 16.0 Å². The predicted molar refractivity (Wildman–Crippen MR) is 109 cm³/mol. The van der Waals surface area contributed by atoms with Crippen molar-refractivity contribution in [3.8, 4) is 0 Å². The smallest absolute Gasteiger partial charge is 0.321 e. The van der Waals surface area contributed by atoms with Crippen LogP contribution in [0.15, 0.2) is 48.5 Å². The van der Waals surface area contributed by atoms with Crippen molar-refractivity contribution >= 4 is 29.0 Å². The maximum Gasteiger partial charge on any atom is 0.321 e. The van der Waals surface area contributed by atoms with Gasteiger partial charge in [-0.3, -0.25) is 14.9 Å². The van der Waals surface area contributed by atoms with E-state index >= 15 is 0 Å². The molecule has 8 nitrogen and oxygen atoms in total. The van der Waals surface area contributed by atoms with E-state index in [-0.39, 0.29) is 23.5 Å². The number of amides is 3. The number of nitro groups is 1. The van der Waals surface area contributed by atoms with Crippen LogP contribution in [0.25, 0.3) is 0 Å². The van der Waals surface area contributed by atoms with E-state index in [2.05, 4.69) is 5.32 Å². The van der Waals surface area contributed by atoms with Crippen molar-refractivity contribution in [2.75, 3.05) is 29.9 Å². The first-order valence-corrected chi connectivity index (χ1v) is 9.72. The Bertz CT molecular complexity index is 947. The zero-order valence-electron chi connectivity index (χ0n) is 15.9. The third-order valence-corrected chi connectivity index (χ3v) is 5.52. The number of para-hydroxylation sites is 1. The number of carbonyl (C=O) groups is 2. The first-order valence-electron chi connectivity index (χ1n) is 9.72. The van der Waals surface area contributed by atoms with Crippen molar-refractivity contribution in [3.63, 3.8) is 0 Å². The van der Waals surface area contributed by atoms with E-state index in [1.807, 2.05) is 30.3 Å². The number of hydrogen-bond acceptors (Lipinski definition) is 4. The van der Waals surface area contributed by atoms with Gasteiger partial charge in [0.15, 0.2) is 0 Å². The van der Waals surface area contributed by atoms with Crippen molar-refractivity contribution in [2.24, 2.45) is 5.92 Å². The van der Waals surface area contributed by atoms with Crippen LogP contribution in [-0.2, 0) is 11.2 Å². The van der Waals surface area contributed by atoms with Gasteiger partial charge in [-0.15, -0.1) is 0 Å². The van der Waals surface area contributed by atoms with Gasteiger partial charge in [0.05, 0.1) is 16.5 Å². The number of likely N-dealkylation sites (tertiary alicyclic amines) is 1. The Morgan fingerprint density at radius 3 is 2.66 bits per heavy atom. The van der Waals surface area contributed by atoms with Gasteiger partial charge in [0.2, 0.25) is 5.91 Å². The van der Waals surface area contributed by atoms with Crippen LogP contribution in [0.1, 0.15) is 18.4 Å². The fraction of sp³-hybridized carbons (Fsp3) is 0.333. The van der Waals surface area contributed by atoms with Gasteiger partial charge >= 0.3 is 6.03 Å². The van der Waals surface area contributed by atoms with Crippen molar-refractivity contribution < 1.29 is 14.5 Å². The number of piperidine rings is 1. The number of urea groups is 1. The molecule has 2 aromatic carbocycles. The summed E-state index contributed by atoms with van der Waals surface area (Å²) in [5, 5.41) is 14.0. The molecular weight excluding hydrogens is 372 g/mol. The molecule has 2 aliphatic heterocycles. The lowest BCUT2D eigenvalue weighted by molar-refractivity contribution is -0.384. The van der Waals surface area contributed by atoms with Crippen LogP contribution in [0.5, 0.6) is 0 Å². The maximum atomic E-state index is 13.2. The molecule has 2 heterocycles. The largest absolute Gasteiger partial charge is 0.324 e. The normalized spacial score (nSPS) is 18.3. The molecule has 150 valence electrons. The number of rotatable bonds is 3. The van der Waals surface area contributed by atoms with Crippen molar-refractivity contribution in [2.45, 2.75) is 19.3 Å². The number of fused-ring (bicyclic) bond motifs is 1. The molecule has 0 bridgehead atoms. The summed E-state index contributed by atoms with van der Waals surface area (Å²) in [4.78, 5) is 39.7. The summed E-state index contributed by atoms with van der Waals surface area (Å²) in [6, 6.07) is 13.7. The number of benzene rings is 2. The Kier molecular flexibility index (Phi) is 5.16. The minimum absolute atomic E-state index is 0.0176. The molecule has 8 heteroatoms. The van der Waals surface area contributed by atoms with Crippen molar-refractivity contribution in [3.05, 3.63) is 64.2 Å². The first-order chi connectivity index (χ1) is 14.0. The standard InChI is InChI=1S/C21H22N4O4/c26-20(24-12-10-15-8-9-18(25(28)29)13-19(15)24)16-5-4-11-23(14-16)21(27)22-17-6-2-1-3-7-17/h1-3,6-9,13,16H,4-5,10-12,14H2,(H,22,27). The van der Waals surface area contributed by atoms with Crippen LogP contribution < -0.4 is 10.2 Å². The molecule has 1 unspecified atom stereocenters. The second-order valence-electron chi connectivity index (χ2n) is 7.39. The van der Waals surface area contributed by atoms with E-state index in [0.29, 0.717) is 43.9 Å². The summed E-state index contributed by atoms with van der Waals surface area (Å²) in [5.41, 5.74) is 2.26. The zero-order chi connectivity index (χ0) is 20.4. The second-order valence-corrected chi connectivity index (χ2v) is 7.39. The van der Waals surface area contributed by atoms with Crippen molar-refractivity contribution in [1.29, 1.82) is 0 Å². The maximum absolute atomic E-state index is 13.2. The summed E-state index contributed by atoms with van der Waals surface area (Å²) in [5.74, 6) is -0.378. The third-order valence-electron chi connectivity index (χ3n) is 5.52. The summed E-state index contributed by atoms with van der Waals surface area (Å²) in [6.07, 6.45) is 2.13. The summed E-state index contributed by atoms with van der Waals surface area (Å²) in [6.45, 7) is 1.46. The first kappa shape index (κ1) is 18.9. The fourth-order valence-electron chi connectivity index (χ4n) is 4.02. The van der Waals surface area contributed by atoms with E-state index in [1.165, 1.54) is 12.1 Å². The number of anilines is 2. The molecule has 3 amide bonds. The van der Waals surface area contributed by atoms with Crippen molar-refractivity contribution in [1.82, 2.24) is 4.90 Å². The molecule has 0 spiro atoms. The fourth-order valence-corrected chi connectivity index (χ4v) is 4.02. The lowest BCUT2D eigenvalue weighted by Crippen LogP contribution is -2.47. The summed E-state index contributed by atoms with van der Waals surface area (Å²) < 4.78 is 0. The molecule has 4 rings (SSSR count). The van der Waals surface area contributed by atoms with E-state index < -0.39 is 4.92 Å². The van der Waals surface area contributed by atoms with Gasteiger partial charge in [0.25, 0.3) is 5.69 Å². The van der Waals surface area contributed by atoms with Crippen LogP contribution in [0.4, 0.5) is 21.9 Å². The van der Waals surface area contributed by atoms with Crippen LogP contribution >= 0.6 is 0 Å². The number of nitrogens with one attached hydrogen (secondary N) is 1. The third kappa shape index (κ3) is 3.91. The molecule has 0 saturated carbocycles. The van der Waals surface area contributed by atoms with Gasteiger partial charge in [-0.2, -0.15) is 0 Å². The summed E-state index contributed by atoms with van der Waals surface area (Å²) in [7, 11) is 0. The van der Waals surface area contributed by atoms with Gasteiger partial charge in [-0.25, -0.2) is 4.79 Å². The van der Waals surface area contributed by atoms with Gasteiger partial charge in [-0.05, 0) is 37.0 Å². The number of carbonyl (C=O) groups excluding carboxylic acids is 2. The molecular formula is C21H22N4O4. The highest BCUT2D eigenvalue weighted by Crippen LogP contribution is 2.33. The Morgan fingerprint density at radius 1 is 1.10 bits per heavy atom. The Morgan fingerprint density at radius 2 is 1.90 bits per heavy atom. The van der Waals surface area contributed by atoms with Crippen LogP contribution in [-0.4, -0.2) is 41.4 Å². The average molecular weight is 394 g/mol. The molecule has 29 heavy (non-hydrogen) atoms. The lowest BCUT2D eigenvalue weighted by Gasteiger charge is -2.34. The predicted octanol–water partition coefficient (Wildman–Crippen LogP) is 3.43. The van der Waals surface area contributed by atoms with Crippen LogP contribution in [0.3, 0.4) is 0 Å². The number of hydrogen-bond donors (Lipinski definition) is 1. The molecule has 1 atom stereocenters. The molecule has 2 aromatic rings. The topological polar surface area (TPSA) is 95.8 Å². The SMILES string of the molecule is O=C(Nc1ccccc1)N1CCCC(C(=O)N2CCc3ccc([N+](=O)[O-])cc32)C1. The molecule has 1 N–H and O–H groups in total. The molecule has 0 radical (unpaired) electrons. The highest BCUT2D eigenvalue weighted by molar-refractivity contribution is 5.98. The lowest BCUT2D eigenvalue weighted by atomic mass is 9.96. The van der Waals surface area contributed by atoms with Gasteiger partial charge in [0, 0.05) is 37.5 Å². The van der Waals surface area contributed by atoms with E-state index in [0.717, 1.165) is 12.0 Å². The highest BCUT2D eigenvalue weighted by atomic mass is 16.6. The molecule has 2 aliphatic rings. The molecule has 1 saturated heterocycles. The second kappa shape index (κ2) is 7.90. The van der Waals surface area contributed by atoms with E-state index in [4.69, 9.17) is 0 Å². The monoisotopic (exact) mass is 394 g/mol. The Labute approximate surface area is 168 Å². The zero-order valence-corrected chi connectivity index (χ0v) is 15.9. The average Bonchev–Trinajstić information content (AvgIpc) is 3.17. The minimum atomic E-state index is -0.447. The molecule has 0 aromatic heterocycles. The number of non-ortho nitro benzene ring substituents is 1. The molecule has 1 fully saturated rings. The van der Waals surface area contributed by atoms with Gasteiger partial charge < -0.3 is 15.1 Å². The number of nitrogens with zero attached hydrogens (tertiary/aromatic N) is 3. The van der Waals surface area contributed by atoms with Crippen LogP contribution in [0.2, 0.25) is 0 Å². The van der Waals surface area contributed by atoms with Gasteiger partial charge in [0.1, 0.15) is 0 Å². The van der Waals surface area contributed by atoms with Gasteiger partial charge in [-0.1, -0.05) is 24.3 Å². The highest BCUT2D eigenvalue weighted by Gasteiger charge is 2.35. The minimum Gasteiger partial charge on any atom is -0.324 e. The Balaban J connectivity index is 1.45. The van der Waals surface area contributed by atoms with E-state index in [1.54, 1.807) is 15.9 Å². The van der Waals surface area contributed by atoms with E-state index in [9.17, 15) is 19.7 Å². The molecule has 0 aliphatic carbocycles.